The van der Waals surface area contributed by atoms with Crippen molar-refractivity contribution < 1.29 is 4.65 Å². The van der Waals surface area contributed by atoms with Gasteiger partial charge in [0.05, 0.1) is 5.60 Å². The van der Waals surface area contributed by atoms with Crippen molar-refractivity contribution >= 4 is 23.4 Å². The summed E-state index contributed by atoms with van der Waals surface area (Å²) in [6.45, 7) is 11.2. The van der Waals surface area contributed by atoms with Gasteiger partial charge < -0.3 is 9.64 Å². The molecule has 3 heterocycles. The first-order valence-corrected chi connectivity index (χ1v) is 6.92. The highest BCUT2D eigenvalue weighted by atomic mass is 16.5. The van der Waals surface area contributed by atoms with Gasteiger partial charge in [0.2, 0.25) is 0 Å². The molecule has 2 aromatic rings. The van der Waals surface area contributed by atoms with Crippen LogP contribution in [0.4, 0.5) is 0 Å². The van der Waals surface area contributed by atoms with E-state index < -0.39 is 0 Å². The zero-order valence-electron chi connectivity index (χ0n) is 12.4. The molecule has 0 aliphatic carbocycles. The first-order chi connectivity index (χ1) is 8.80. The monoisotopic (exact) mass is 256 g/mol. The maximum Gasteiger partial charge on any atom is 0.329 e. The summed E-state index contributed by atoms with van der Waals surface area (Å²) in [4.78, 5) is 7.69. The molecule has 1 fully saturated rings. The second kappa shape index (κ2) is 3.86. The zero-order chi connectivity index (χ0) is 13.8. The maximum atomic E-state index is 6.27. The number of hydrogen-bond donors (Lipinski definition) is 1. The van der Waals surface area contributed by atoms with Gasteiger partial charge in [0.1, 0.15) is 5.65 Å². The van der Waals surface area contributed by atoms with E-state index in [0.717, 1.165) is 12.0 Å². The van der Waals surface area contributed by atoms with E-state index in [4.69, 9.17) is 4.65 Å². The Kier molecular flexibility index (Phi) is 2.58. The summed E-state index contributed by atoms with van der Waals surface area (Å²) in [6, 6.07) is 2.22. The first-order valence-electron chi connectivity index (χ1n) is 6.92. The molecule has 2 aromatic heterocycles. The third-order valence-electron chi connectivity index (χ3n) is 4.89. The number of rotatable bonds is 1. The van der Waals surface area contributed by atoms with Gasteiger partial charge in [-0.3, -0.25) is 0 Å². The van der Waals surface area contributed by atoms with Crippen molar-refractivity contribution in [3.63, 3.8) is 0 Å². The van der Waals surface area contributed by atoms with Gasteiger partial charge in [-0.15, -0.1) is 0 Å². The Morgan fingerprint density at radius 3 is 2.68 bits per heavy atom. The van der Waals surface area contributed by atoms with Crippen LogP contribution in [0.2, 0.25) is 6.32 Å². The van der Waals surface area contributed by atoms with Crippen LogP contribution in [0.3, 0.4) is 0 Å². The lowest BCUT2D eigenvalue weighted by Crippen LogP contribution is -2.36. The van der Waals surface area contributed by atoms with E-state index in [9.17, 15) is 0 Å². The Morgan fingerprint density at radius 1 is 1.32 bits per heavy atom. The van der Waals surface area contributed by atoms with Crippen molar-refractivity contribution in [2.75, 3.05) is 0 Å². The van der Waals surface area contributed by atoms with Crippen molar-refractivity contribution in [2.24, 2.45) is 5.41 Å². The summed E-state index contributed by atoms with van der Waals surface area (Å²) < 4.78 is 6.27. The number of nitrogens with one attached hydrogen (secondary N) is 1. The molecule has 0 saturated carbocycles. The Labute approximate surface area is 114 Å². The molecule has 100 valence electrons. The Hall–Kier alpha value is -1.29. The number of aromatic nitrogens is 2. The van der Waals surface area contributed by atoms with Gasteiger partial charge in [0.15, 0.2) is 0 Å². The molecule has 0 spiro atoms. The number of H-pyrrole nitrogens is 1. The average Bonchev–Trinajstić information content (AvgIpc) is 2.78. The third-order valence-corrected chi connectivity index (χ3v) is 4.89. The van der Waals surface area contributed by atoms with Crippen molar-refractivity contribution in [1.82, 2.24) is 9.97 Å². The van der Waals surface area contributed by atoms with Crippen molar-refractivity contribution in [3.05, 3.63) is 24.0 Å². The van der Waals surface area contributed by atoms with Crippen LogP contribution in [0.25, 0.3) is 11.0 Å². The first kappa shape index (κ1) is 12.7. The van der Waals surface area contributed by atoms with Crippen LogP contribution in [0, 0.1) is 12.3 Å². The fourth-order valence-electron chi connectivity index (χ4n) is 2.78. The quantitative estimate of drug-likeness (QED) is 0.796. The van der Waals surface area contributed by atoms with Gasteiger partial charge in [-0.1, -0.05) is 19.9 Å². The maximum absolute atomic E-state index is 6.27. The second-order valence-corrected chi connectivity index (χ2v) is 6.84. The Balaban J connectivity index is 2.00. The lowest BCUT2D eigenvalue weighted by Gasteiger charge is -2.34. The van der Waals surface area contributed by atoms with Gasteiger partial charge in [0, 0.05) is 17.8 Å². The fraction of sp³-hybridized carbons (Fsp3) is 0.533. The second-order valence-electron chi connectivity index (χ2n) is 6.84. The summed E-state index contributed by atoms with van der Waals surface area (Å²) in [5.74, 6) is 0. The highest BCUT2D eigenvalue weighted by Gasteiger charge is 2.49. The fourth-order valence-corrected chi connectivity index (χ4v) is 2.78. The summed E-state index contributed by atoms with van der Waals surface area (Å²) >= 11 is 0. The van der Waals surface area contributed by atoms with E-state index in [2.05, 4.69) is 50.7 Å². The van der Waals surface area contributed by atoms with E-state index in [0.29, 0.717) is 0 Å². The van der Waals surface area contributed by atoms with Crippen LogP contribution in [0.5, 0.6) is 0 Å². The number of hydrogen-bond acceptors (Lipinski definition) is 2. The van der Waals surface area contributed by atoms with Gasteiger partial charge in [-0.05, 0) is 43.5 Å². The van der Waals surface area contributed by atoms with Gasteiger partial charge >= 0.3 is 6.92 Å². The summed E-state index contributed by atoms with van der Waals surface area (Å²) in [6.07, 6.45) is 4.99. The molecule has 3 rings (SSSR count). The van der Waals surface area contributed by atoms with E-state index >= 15 is 0 Å². The van der Waals surface area contributed by atoms with E-state index in [1.807, 2.05) is 12.4 Å². The minimum atomic E-state index is -0.0974. The van der Waals surface area contributed by atoms with Crippen molar-refractivity contribution in [2.45, 2.75) is 46.5 Å². The summed E-state index contributed by atoms with van der Waals surface area (Å²) in [5.41, 5.74) is 3.46. The van der Waals surface area contributed by atoms with Crippen LogP contribution in [0.1, 0.15) is 33.3 Å². The van der Waals surface area contributed by atoms with Crippen molar-refractivity contribution in [1.29, 1.82) is 0 Å². The largest absolute Gasteiger partial charge is 0.425 e. The van der Waals surface area contributed by atoms with E-state index in [1.165, 1.54) is 16.4 Å². The molecule has 0 radical (unpaired) electrons. The molecule has 3 nitrogen and oxygen atoms in total. The highest BCUT2D eigenvalue weighted by molar-refractivity contribution is 6.68. The molecule has 19 heavy (non-hydrogen) atoms. The van der Waals surface area contributed by atoms with Crippen LogP contribution in [-0.2, 0) is 4.65 Å². The van der Waals surface area contributed by atoms with Crippen LogP contribution in [-0.4, -0.2) is 22.5 Å². The number of aromatic amines is 1. The number of pyridine rings is 1. The summed E-state index contributed by atoms with van der Waals surface area (Å²) in [7, 11) is 0. The zero-order valence-corrected chi connectivity index (χ0v) is 12.4. The smallest absolute Gasteiger partial charge is 0.329 e. The molecule has 0 aromatic carbocycles. The van der Waals surface area contributed by atoms with Crippen LogP contribution in [0.15, 0.2) is 18.5 Å². The lowest BCUT2D eigenvalue weighted by molar-refractivity contribution is 0.0375. The number of aryl methyl sites for hydroxylation is 1. The molecule has 0 amide bonds. The summed E-state index contributed by atoms with van der Waals surface area (Å²) in [5, 5.41) is 1.20. The number of nitrogens with zero attached hydrogens (tertiary/aromatic N) is 1. The topological polar surface area (TPSA) is 37.9 Å². The van der Waals surface area contributed by atoms with Gasteiger partial charge in [0.25, 0.3) is 0 Å². The highest BCUT2D eigenvalue weighted by Crippen LogP contribution is 2.45. The van der Waals surface area contributed by atoms with Gasteiger partial charge in [-0.25, -0.2) is 4.98 Å². The molecule has 0 atom stereocenters. The molecule has 1 saturated heterocycles. The molecule has 1 aliphatic heterocycles. The molecule has 1 aliphatic rings. The minimum Gasteiger partial charge on any atom is -0.425 e. The van der Waals surface area contributed by atoms with Crippen LogP contribution >= 0.6 is 0 Å². The lowest BCUT2D eigenvalue weighted by atomic mass is 9.54. The van der Waals surface area contributed by atoms with E-state index in [1.54, 1.807) is 0 Å². The van der Waals surface area contributed by atoms with E-state index in [-0.39, 0.29) is 17.9 Å². The third kappa shape index (κ3) is 1.89. The van der Waals surface area contributed by atoms with Gasteiger partial charge in [-0.2, -0.15) is 0 Å². The normalized spacial score (nSPS) is 21.2. The SMILES string of the molecule is Cc1c[nH]c2ncc(B3CC(C)(C)C(C)(C)O3)cc12. The Bertz CT molecular complexity index is 614. The van der Waals surface area contributed by atoms with Crippen LogP contribution < -0.4 is 5.46 Å². The van der Waals surface area contributed by atoms with Crippen molar-refractivity contribution in [3.8, 4) is 0 Å². The predicted molar refractivity (Wildman–Crippen MR) is 80.0 cm³/mol. The molecular weight excluding hydrogens is 235 g/mol. The molecule has 4 heteroatoms. The predicted octanol–water partition coefficient (Wildman–Crippen LogP) is 2.90. The average molecular weight is 256 g/mol. The molecule has 1 N–H and O–H groups in total. The Morgan fingerprint density at radius 2 is 2.05 bits per heavy atom. The molecule has 0 bridgehead atoms. The molecule has 0 unspecified atom stereocenters. The number of fused-ring (bicyclic) bond motifs is 1. The standard InChI is InChI=1S/C15H21BN2O/c1-10-7-17-13-12(10)6-11(8-18-13)16-9-14(2,3)15(4,5)19-16/h6-8H,9H2,1-5H3,(H,17,18). The minimum absolute atomic E-state index is 0.0974. The molecular formula is C15H21BN2O.